The molecule has 2 heterocycles. The molecule has 14 heavy (non-hydrogen) atoms. The van der Waals surface area contributed by atoms with Crippen LogP contribution in [0, 0.1) is 0 Å². The van der Waals surface area contributed by atoms with Crippen molar-refractivity contribution in [2.45, 2.75) is 32.4 Å². The molecule has 0 aliphatic carbocycles. The van der Waals surface area contributed by atoms with Crippen molar-refractivity contribution < 1.29 is 0 Å². The van der Waals surface area contributed by atoms with Gasteiger partial charge in [-0.15, -0.1) is 0 Å². The molecule has 0 bridgehead atoms. The van der Waals surface area contributed by atoms with E-state index in [0.29, 0.717) is 6.54 Å². The first-order valence-electron chi connectivity index (χ1n) is 5.35. The Morgan fingerprint density at radius 3 is 3.29 bits per heavy atom. The van der Waals surface area contributed by atoms with E-state index in [9.17, 15) is 0 Å². The summed E-state index contributed by atoms with van der Waals surface area (Å²) >= 11 is 0. The van der Waals surface area contributed by atoms with Gasteiger partial charge in [-0.3, -0.25) is 0 Å². The van der Waals surface area contributed by atoms with Crippen LogP contribution in [0.4, 0.5) is 0 Å². The van der Waals surface area contributed by atoms with Crippen LogP contribution < -0.4 is 11.1 Å². The van der Waals surface area contributed by atoms with Crippen LogP contribution >= 0.6 is 0 Å². The van der Waals surface area contributed by atoms with Crippen LogP contribution in [0.2, 0.25) is 0 Å². The maximum atomic E-state index is 5.42. The van der Waals surface area contributed by atoms with Gasteiger partial charge >= 0.3 is 0 Å². The van der Waals surface area contributed by atoms with E-state index in [1.54, 1.807) is 0 Å². The van der Waals surface area contributed by atoms with Crippen molar-refractivity contribution >= 4 is 0 Å². The number of nitrogens with two attached hydrogens (primary N) is 1. The number of nitrogens with zero attached hydrogens (tertiary/aromatic N) is 2. The zero-order chi connectivity index (χ0) is 9.80. The molecule has 78 valence electrons. The zero-order valence-corrected chi connectivity index (χ0v) is 8.50. The minimum Gasteiger partial charge on any atom is -0.334 e. The monoisotopic (exact) mass is 194 g/mol. The molecule has 4 nitrogen and oxygen atoms in total. The molecule has 0 aromatic carbocycles. The quantitative estimate of drug-likeness (QED) is 0.676. The van der Waals surface area contributed by atoms with E-state index in [4.69, 9.17) is 5.73 Å². The van der Waals surface area contributed by atoms with Crippen molar-refractivity contribution in [2.75, 3.05) is 13.1 Å². The van der Waals surface area contributed by atoms with E-state index >= 15 is 0 Å². The summed E-state index contributed by atoms with van der Waals surface area (Å²) in [5, 5.41) is 3.29. The number of imidazole rings is 1. The van der Waals surface area contributed by atoms with Crippen molar-refractivity contribution in [3.8, 4) is 0 Å². The lowest BCUT2D eigenvalue weighted by Gasteiger charge is -2.15. The zero-order valence-electron chi connectivity index (χ0n) is 8.50. The Bertz CT molecular complexity index is 292. The van der Waals surface area contributed by atoms with Crippen molar-refractivity contribution in [2.24, 2.45) is 5.73 Å². The molecule has 0 saturated carbocycles. The summed E-state index contributed by atoms with van der Waals surface area (Å²) in [6.07, 6.45) is 5.74. The largest absolute Gasteiger partial charge is 0.334 e. The fourth-order valence-electron chi connectivity index (χ4n) is 1.96. The highest BCUT2D eigenvalue weighted by atomic mass is 15.1. The van der Waals surface area contributed by atoms with Crippen molar-refractivity contribution in [3.63, 3.8) is 0 Å². The first kappa shape index (κ1) is 9.68. The fourth-order valence-corrected chi connectivity index (χ4v) is 1.96. The second kappa shape index (κ2) is 4.57. The molecule has 0 spiro atoms. The van der Waals surface area contributed by atoms with Crippen molar-refractivity contribution in [1.82, 2.24) is 14.9 Å². The summed E-state index contributed by atoms with van der Waals surface area (Å²) < 4.78 is 2.28. The van der Waals surface area contributed by atoms with Crippen LogP contribution in [-0.2, 0) is 19.5 Å². The lowest BCUT2D eigenvalue weighted by Crippen LogP contribution is -2.23. The average molecular weight is 194 g/mol. The highest BCUT2D eigenvalue weighted by Gasteiger charge is 2.13. The molecule has 0 atom stereocenters. The molecule has 0 radical (unpaired) electrons. The van der Waals surface area contributed by atoms with E-state index in [1.807, 2.05) is 6.33 Å². The molecule has 0 unspecified atom stereocenters. The van der Waals surface area contributed by atoms with Crippen LogP contribution in [-0.4, -0.2) is 22.6 Å². The summed E-state index contributed by atoms with van der Waals surface area (Å²) in [6.45, 7) is 3.56. The number of aryl methyl sites for hydroxylation is 1. The number of aromatic nitrogens is 2. The van der Waals surface area contributed by atoms with Gasteiger partial charge in [0.05, 0.1) is 12.0 Å². The van der Waals surface area contributed by atoms with E-state index in [2.05, 4.69) is 14.9 Å². The van der Waals surface area contributed by atoms with Gasteiger partial charge in [-0.05, 0) is 19.3 Å². The van der Waals surface area contributed by atoms with E-state index in [-0.39, 0.29) is 0 Å². The van der Waals surface area contributed by atoms with E-state index < -0.39 is 0 Å². The van der Waals surface area contributed by atoms with Gasteiger partial charge in [0.15, 0.2) is 0 Å². The maximum absolute atomic E-state index is 5.42. The predicted octanol–water partition coefficient (Wildman–Crippen LogP) is 0.268. The van der Waals surface area contributed by atoms with Gasteiger partial charge in [-0.1, -0.05) is 0 Å². The molecule has 3 N–H and O–H groups in total. The van der Waals surface area contributed by atoms with Gasteiger partial charge in [0.25, 0.3) is 0 Å². The minimum atomic E-state index is 0.691. The molecule has 4 heteroatoms. The molecule has 2 rings (SSSR count). The number of fused-ring (bicyclic) bond motifs is 1. The third-order valence-corrected chi connectivity index (χ3v) is 2.71. The highest BCUT2D eigenvalue weighted by Crippen LogP contribution is 2.17. The van der Waals surface area contributed by atoms with Gasteiger partial charge in [0.2, 0.25) is 0 Å². The SMILES string of the molecule is NCCNCc1ncn2c1CCCC2. The average Bonchev–Trinajstić information content (AvgIpc) is 2.63. The van der Waals surface area contributed by atoms with Crippen LogP contribution in [0.15, 0.2) is 6.33 Å². The Kier molecular flexibility index (Phi) is 3.16. The smallest absolute Gasteiger partial charge is 0.0952 e. The molecular formula is C10H18N4. The molecule has 1 aliphatic rings. The summed E-state index contributed by atoms with van der Waals surface area (Å²) in [6, 6.07) is 0. The third-order valence-electron chi connectivity index (χ3n) is 2.71. The maximum Gasteiger partial charge on any atom is 0.0952 e. The number of hydrogen-bond donors (Lipinski definition) is 2. The van der Waals surface area contributed by atoms with Gasteiger partial charge < -0.3 is 15.6 Å². The molecule has 0 saturated heterocycles. The second-order valence-electron chi connectivity index (χ2n) is 3.75. The first-order chi connectivity index (χ1) is 6.92. The molecule has 1 aromatic heterocycles. The minimum absolute atomic E-state index is 0.691. The number of rotatable bonds is 4. The number of hydrogen-bond acceptors (Lipinski definition) is 3. The summed E-state index contributed by atoms with van der Waals surface area (Å²) in [7, 11) is 0. The van der Waals surface area contributed by atoms with Crippen molar-refractivity contribution in [3.05, 3.63) is 17.7 Å². The Morgan fingerprint density at radius 2 is 2.43 bits per heavy atom. The topological polar surface area (TPSA) is 55.9 Å². The summed E-state index contributed by atoms with van der Waals surface area (Å²) in [4.78, 5) is 4.43. The van der Waals surface area contributed by atoms with Gasteiger partial charge in [0.1, 0.15) is 0 Å². The van der Waals surface area contributed by atoms with Crippen LogP contribution in [0.5, 0.6) is 0 Å². The normalized spacial score (nSPS) is 15.5. The summed E-state index contributed by atoms with van der Waals surface area (Å²) in [5.41, 5.74) is 8.04. The number of nitrogens with one attached hydrogen (secondary N) is 1. The van der Waals surface area contributed by atoms with Crippen LogP contribution in [0.1, 0.15) is 24.2 Å². The highest BCUT2D eigenvalue weighted by molar-refractivity contribution is 5.14. The molecule has 1 aliphatic heterocycles. The predicted molar refractivity (Wildman–Crippen MR) is 55.9 cm³/mol. The standard InChI is InChI=1S/C10H18N4/c11-4-5-12-7-9-10-3-1-2-6-14(10)8-13-9/h8,12H,1-7,11H2. The molecule has 0 amide bonds. The lowest BCUT2D eigenvalue weighted by atomic mass is 10.1. The molecule has 0 fully saturated rings. The van der Waals surface area contributed by atoms with Gasteiger partial charge in [0, 0.05) is 31.9 Å². The summed E-state index contributed by atoms with van der Waals surface area (Å²) in [5.74, 6) is 0. The molecule has 1 aromatic rings. The Hall–Kier alpha value is -0.870. The Balaban J connectivity index is 1.99. The van der Waals surface area contributed by atoms with E-state index in [1.165, 1.54) is 30.7 Å². The second-order valence-corrected chi connectivity index (χ2v) is 3.75. The van der Waals surface area contributed by atoms with Crippen molar-refractivity contribution in [1.29, 1.82) is 0 Å². The lowest BCUT2D eigenvalue weighted by molar-refractivity contribution is 0.526. The van der Waals surface area contributed by atoms with Gasteiger partial charge in [-0.2, -0.15) is 0 Å². The first-order valence-corrected chi connectivity index (χ1v) is 5.35. The van der Waals surface area contributed by atoms with Crippen LogP contribution in [0.25, 0.3) is 0 Å². The molecular weight excluding hydrogens is 176 g/mol. The van der Waals surface area contributed by atoms with Gasteiger partial charge in [-0.25, -0.2) is 4.98 Å². The Labute approximate surface area is 84.5 Å². The van der Waals surface area contributed by atoms with E-state index in [0.717, 1.165) is 19.6 Å². The third kappa shape index (κ3) is 1.96. The fraction of sp³-hybridized carbons (Fsp3) is 0.700. The van der Waals surface area contributed by atoms with Crippen LogP contribution in [0.3, 0.4) is 0 Å². The Morgan fingerprint density at radius 1 is 1.50 bits per heavy atom.